The highest BCUT2D eigenvalue weighted by molar-refractivity contribution is 5.74. The van der Waals surface area contributed by atoms with Gasteiger partial charge in [0.1, 0.15) is 0 Å². The van der Waals surface area contributed by atoms with Crippen LogP contribution in [0, 0.1) is 0 Å². The summed E-state index contributed by atoms with van der Waals surface area (Å²) in [5.41, 5.74) is 0. The molecule has 0 radical (unpaired) electrons. The molecule has 4 heteroatoms. The molecule has 0 aromatic rings. The lowest BCUT2D eigenvalue weighted by atomic mass is 10.1. The number of alkyl halides is 1. The Kier molecular flexibility index (Phi) is 10.4. The molecule has 0 aliphatic rings. The van der Waals surface area contributed by atoms with Crippen molar-refractivity contribution in [2.24, 2.45) is 0 Å². The van der Waals surface area contributed by atoms with Crippen molar-refractivity contribution in [3.8, 4) is 0 Å². The molecule has 0 saturated heterocycles. The highest BCUT2D eigenvalue weighted by Crippen LogP contribution is 2.05. The van der Waals surface area contributed by atoms with Crippen molar-refractivity contribution in [1.29, 1.82) is 0 Å². The van der Waals surface area contributed by atoms with Gasteiger partial charge in [-0.05, 0) is 6.42 Å². The van der Waals surface area contributed by atoms with Gasteiger partial charge < -0.3 is 9.47 Å². The van der Waals surface area contributed by atoms with Crippen molar-refractivity contribution >= 4 is 5.97 Å². The van der Waals surface area contributed by atoms with Gasteiger partial charge in [-0.15, -0.1) is 0 Å². The first-order valence-corrected chi connectivity index (χ1v) is 6.02. The molecule has 0 amide bonds. The summed E-state index contributed by atoms with van der Waals surface area (Å²) in [6.07, 6.45) is 5.35. The molecular weight excluding hydrogens is 211 g/mol. The molecule has 96 valence electrons. The van der Waals surface area contributed by atoms with E-state index in [2.05, 4.69) is 11.7 Å². The third-order valence-electron chi connectivity index (χ3n) is 2.36. The van der Waals surface area contributed by atoms with Crippen molar-refractivity contribution in [1.82, 2.24) is 0 Å². The van der Waals surface area contributed by atoms with Crippen LogP contribution in [0.25, 0.3) is 0 Å². The van der Waals surface area contributed by atoms with Gasteiger partial charge in [-0.25, -0.2) is 9.18 Å². The highest BCUT2D eigenvalue weighted by atomic mass is 19.1. The van der Waals surface area contributed by atoms with Crippen molar-refractivity contribution in [3.63, 3.8) is 0 Å². The predicted octanol–water partition coefficient (Wildman–Crippen LogP) is 2.87. The Morgan fingerprint density at radius 3 is 2.44 bits per heavy atom. The number of hydrogen-bond donors (Lipinski definition) is 0. The molecule has 16 heavy (non-hydrogen) atoms. The Morgan fingerprint density at radius 2 is 1.81 bits per heavy atom. The fraction of sp³-hybridized carbons (Fsp3) is 0.917. The lowest BCUT2D eigenvalue weighted by molar-refractivity contribution is -0.148. The minimum Gasteiger partial charge on any atom is -0.467 e. The summed E-state index contributed by atoms with van der Waals surface area (Å²) < 4.78 is 22.2. The topological polar surface area (TPSA) is 35.5 Å². The second-order valence-electron chi connectivity index (χ2n) is 3.83. The standard InChI is InChI=1S/C12H23FO3/c1-3-4-5-6-7-8-9-16-10-11(13)12(14)15-2/h11H,3-10H2,1-2H3. The van der Waals surface area contributed by atoms with Crippen LogP contribution in [0.15, 0.2) is 0 Å². The number of unbranched alkanes of at least 4 members (excludes halogenated alkanes) is 5. The van der Waals surface area contributed by atoms with Gasteiger partial charge in [0.2, 0.25) is 6.17 Å². The number of ether oxygens (including phenoxy) is 2. The molecule has 0 aromatic heterocycles. The van der Waals surface area contributed by atoms with Gasteiger partial charge in [0.05, 0.1) is 13.7 Å². The van der Waals surface area contributed by atoms with Crippen molar-refractivity contribution in [2.75, 3.05) is 20.3 Å². The van der Waals surface area contributed by atoms with E-state index >= 15 is 0 Å². The fourth-order valence-electron chi connectivity index (χ4n) is 1.37. The van der Waals surface area contributed by atoms with E-state index < -0.39 is 12.1 Å². The maximum atomic E-state index is 12.9. The summed E-state index contributed by atoms with van der Waals surface area (Å²) >= 11 is 0. The van der Waals surface area contributed by atoms with Gasteiger partial charge in [-0.2, -0.15) is 0 Å². The van der Waals surface area contributed by atoms with E-state index in [-0.39, 0.29) is 6.61 Å². The zero-order chi connectivity index (χ0) is 12.2. The molecule has 3 nitrogen and oxygen atoms in total. The van der Waals surface area contributed by atoms with Gasteiger partial charge in [0.15, 0.2) is 0 Å². The summed E-state index contributed by atoms with van der Waals surface area (Å²) in [6.45, 7) is 2.50. The first kappa shape index (κ1) is 15.4. The van der Waals surface area contributed by atoms with E-state index in [0.717, 1.165) is 12.8 Å². The third kappa shape index (κ3) is 8.65. The van der Waals surface area contributed by atoms with Crippen molar-refractivity contribution < 1.29 is 18.7 Å². The average molecular weight is 234 g/mol. The number of carbonyl (C=O) groups excluding carboxylic acids is 1. The molecule has 0 rings (SSSR count). The molecule has 0 saturated carbocycles. The monoisotopic (exact) mass is 234 g/mol. The van der Waals surface area contributed by atoms with Gasteiger partial charge in [0.25, 0.3) is 0 Å². The van der Waals surface area contributed by atoms with Crippen LogP contribution in [0.2, 0.25) is 0 Å². The second kappa shape index (κ2) is 10.9. The Bertz CT molecular complexity index is 174. The molecule has 0 aliphatic carbocycles. The van der Waals surface area contributed by atoms with E-state index in [1.807, 2.05) is 0 Å². The van der Waals surface area contributed by atoms with Crippen LogP contribution in [-0.2, 0) is 14.3 Å². The van der Waals surface area contributed by atoms with Crippen LogP contribution >= 0.6 is 0 Å². The van der Waals surface area contributed by atoms with Crippen molar-refractivity contribution in [3.05, 3.63) is 0 Å². The van der Waals surface area contributed by atoms with Crippen LogP contribution in [0.5, 0.6) is 0 Å². The number of halogens is 1. The highest BCUT2D eigenvalue weighted by Gasteiger charge is 2.17. The van der Waals surface area contributed by atoms with Crippen LogP contribution in [0.3, 0.4) is 0 Å². The Balaban J connectivity index is 3.17. The largest absolute Gasteiger partial charge is 0.467 e. The summed E-state index contributed by atoms with van der Waals surface area (Å²) in [6, 6.07) is 0. The number of rotatable bonds is 10. The third-order valence-corrected chi connectivity index (χ3v) is 2.36. The molecule has 0 N–H and O–H groups in total. The quantitative estimate of drug-likeness (QED) is 0.430. The zero-order valence-corrected chi connectivity index (χ0v) is 10.3. The van der Waals surface area contributed by atoms with E-state index in [4.69, 9.17) is 4.74 Å². The van der Waals surface area contributed by atoms with Gasteiger partial charge in [0, 0.05) is 6.61 Å². The number of hydrogen-bond acceptors (Lipinski definition) is 3. The Labute approximate surface area is 97.3 Å². The van der Waals surface area contributed by atoms with Gasteiger partial charge in [-0.1, -0.05) is 39.0 Å². The normalized spacial score (nSPS) is 12.4. The summed E-state index contributed by atoms with van der Waals surface area (Å²) in [4.78, 5) is 10.7. The van der Waals surface area contributed by atoms with Crippen LogP contribution < -0.4 is 0 Å². The lowest BCUT2D eigenvalue weighted by Gasteiger charge is -2.07. The molecule has 0 aliphatic heterocycles. The van der Waals surface area contributed by atoms with Gasteiger partial charge >= 0.3 is 5.97 Å². The Morgan fingerprint density at radius 1 is 1.19 bits per heavy atom. The molecule has 0 fully saturated rings. The van der Waals surface area contributed by atoms with Crippen LogP contribution in [0.4, 0.5) is 4.39 Å². The summed E-state index contributed by atoms with van der Waals surface area (Å²) in [7, 11) is 1.17. The smallest absolute Gasteiger partial charge is 0.342 e. The van der Waals surface area contributed by atoms with E-state index in [1.165, 1.54) is 32.8 Å². The van der Waals surface area contributed by atoms with Crippen LogP contribution in [-0.4, -0.2) is 32.5 Å². The average Bonchev–Trinajstić information content (AvgIpc) is 2.31. The molecule has 1 unspecified atom stereocenters. The molecule has 0 aromatic carbocycles. The molecule has 0 spiro atoms. The number of carbonyl (C=O) groups is 1. The first-order valence-electron chi connectivity index (χ1n) is 6.02. The maximum Gasteiger partial charge on any atom is 0.342 e. The van der Waals surface area contributed by atoms with E-state index in [1.54, 1.807) is 0 Å². The second-order valence-corrected chi connectivity index (χ2v) is 3.83. The fourth-order valence-corrected chi connectivity index (χ4v) is 1.37. The minimum atomic E-state index is -1.65. The van der Waals surface area contributed by atoms with Crippen molar-refractivity contribution in [2.45, 2.75) is 51.6 Å². The predicted molar refractivity (Wildman–Crippen MR) is 61.1 cm³/mol. The lowest BCUT2D eigenvalue weighted by Crippen LogP contribution is -2.23. The molecule has 1 atom stereocenters. The molecular formula is C12H23FO3. The van der Waals surface area contributed by atoms with E-state index in [0.29, 0.717) is 6.61 Å². The first-order chi connectivity index (χ1) is 7.72. The van der Waals surface area contributed by atoms with E-state index in [9.17, 15) is 9.18 Å². The van der Waals surface area contributed by atoms with Crippen LogP contribution in [0.1, 0.15) is 45.4 Å². The Hall–Kier alpha value is -0.640. The number of esters is 1. The van der Waals surface area contributed by atoms with Gasteiger partial charge in [-0.3, -0.25) is 0 Å². The molecule has 0 heterocycles. The summed E-state index contributed by atoms with van der Waals surface area (Å²) in [5, 5.41) is 0. The molecule has 0 bridgehead atoms. The minimum absolute atomic E-state index is 0.193. The summed E-state index contributed by atoms with van der Waals surface area (Å²) in [5.74, 6) is -0.858. The maximum absolute atomic E-state index is 12.9. The zero-order valence-electron chi connectivity index (χ0n) is 10.3. The number of methoxy groups -OCH3 is 1. The SMILES string of the molecule is CCCCCCCCOCC(F)C(=O)OC.